The summed E-state index contributed by atoms with van der Waals surface area (Å²) >= 11 is 0. The molecule has 1 saturated heterocycles. The number of aliphatic carboxylic acids is 1. The molecule has 1 fully saturated rings. The molecule has 21 heavy (non-hydrogen) atoms. The van der Waals surface area contributed by atoms with E-state index in [9.17, 15) is 9.59 Å². The molecule has 2 unspecified atom stereocenters. The van der Waals surface area contributed by atoms with Gasteiger partial charge in [-0.1, -0.05) is 30.3 Å². The number of benzene rings is 1. The molecule has 1 aliphatic heterocycles. The van der Waals surface area contributed by atoms with Crippen LogP contribution in [0.4, 0.5) is 0 Å². The highest BCUT2D eigenvalue weighted by molar-refractivity contribution is 5.77. The summed E-state index contributed by atoms with van der Waals surface area (Å²) in [4.78, 5) is 22.9. The van der Waals surface area contributed by atoms with Crippen molar-refractivity contribution in [2.24, 2.45) is 0 Å². The second-order valence-electron chi connectivity index (χ2n) is 5.46. The monoisotopic (exact) mass is 290 g/mol. The second-order valence-corrected chi connectivity index (χ2v) is 5.46. The lowest BCUT2D eigenvalue weighted by Gasteiger charge is -2.20. The fraction of sp³-hybridized carbons (Fsp3) is 0.500. The van der Waals surface area contributed by atoms with E-state index in [0.717, 1.165) is 24.9 Å². The largest absolute Gasteiger partial charge is 0.481 e. The molecule has 114 valence electrons. The number of amides is 1. The first-order valence-electron chi connectivity index (χ1n) is 7.44. The van der Waals surface area contributed by atoms with Crippen molar-refractivity contribution in [2.75, 3.05) is 6.54 Å². The summed E-state index contributed by atoms with van der Waals surface area (Å²) in [6, 6.07) is 9.54. The van der Waals surface area contributed by atoms with Gasteiger partial charge in [-0.25, -0.2) is 0 Å². The Hall–Kier alpha value is -1.88. The lowest BCUT2D eigenvalue weighted by atomic mass is 10.0. The van der Waals surface area contributed by atoms with Gasteiger partial charge in [0.05, 0.1) is 6.04 Å². The molecule has 0 aromatic heterocycles. The van der Waals surface area contributed by atoms with Crippen LogP contribution in [-0.2, 0) is 9.59 Å². The van der Waals surface area contributed by atoms with E-state index in [-0.39, 0.29) is 24.4 Å². The Morgan fingerprint density at radius 1 is 1.33 bits per heavy atom. The van der Waals surface area contributed by atoms with Gasteiger partial charge in [-0.2, -0.15) is 0 Å². The Morgan fingerprint density at radius 3 is 2.71 bits per heavy atom. The number of carboxylic acids is 1. The molecule has 1 aromatic rings. The Labute approximate surface area is 124 Å². The zero-order chi connectivity index (χ0) is 15.1. The van der Waals surface area contributed by atoms with Crippen LogP contribution in [0, 0.1) is 0 Å². The van der Waals surface area contributed by atoms with E-state index >= 15 is 0 Å². The van der Waals surface area contributed by atoms with Crippen LogP contribution < -0.4 is 10.6 Å². The van der Waals surface area contributed by atoms with Crippen LogP contribution in [0.1, 0.15) is 43.7 Å². The second kappa shape index (κ2) is 7.78. The zero-order valence-corrected chi connectivity index (χ0v) is 12.0. The molecular formula is C16H22N2O3. The number of carboxylic acid groups (broad SMARTS) is 1. The third-order valence-electron chi connectivity index (χ3n) is 3.78. The third kappa shape index (κ3) is 5.19. The molecule has 0 saturated carbocycles. The van der Waals surface area contributed by atoms with Crippen molar-refractivity contribution < 1.29 is 14.7 Å². The lowest BCUT2D eigenvalue weighted by Crippen LogP contribution is -2.34. The van der Waals surface area contributed by atoms with E-state index in [1.165, 1.54) is 0 Å². The summed E-state index contributed by atoms with van der Waals surface area (Å²) < 4.78 is 0. The van der Waals surface area contributed by atoms with E-state index < -0.39 is 5.97 Å². The molecular weight excluding hydrogens is 268 g/mol. The fourth-order valence-electron chi connectivity index (χ4n) is 2.68. The molecule has 1 aromatic carbocycles. The average Bonchev–Trinajstić information content (AvgIpc) is 2.97. The number of hydrogen-bond donors (Lipinski definition) is 3. The number of rotatable bonds is 7. The molecule has 1 aliphatic rings. The minimum Gasteiger partial charge on any atom is -0.481 e. The maximum absolute atomic E-state index is 12.1. The molecule has 5 heteroatoms. The van der Waals surface area contributed by atoms with Crippen molar-refractivity contribution in [3.63, 3.8) is 0 Å². The van der Waals surface area contributed by atoms with Crippen LogP contribution in [0.15, 0.2) is 30.3 Å². The van der Waals surface area contributed by atoms with Crippen LogP contribution in [-0.4, -0.2) is 29.6 Å². The van der Waals surface area contributed by atoms with Crippen molar-refractivity contribution in [3.05, 3.63) is 35.9 Å². The van der Waals surface area contributed by atoms with Gasteiger partial charge in [-0.15, -0.1) is 0 Å². The minimum absolute atomic E-state index is 0.0198. The van der Waals surface area contributed by atoms with E-state index in [2.05, 4.69) is 10.6 Å². The van der Waals surface area contributed by atoms with Crippen molar-refractivity contribution >= 4 is 11.9 Å². The summed E-state index contributed by atoms with van der Waals surface area (Å²) in [5, 5.41) is 15.1. The van der Waals surface area contributed by atoms with Gasteiger partial charge in [0, 0.05) is 18.9 Å². The normalized spacial score (nSPS) is 19.1. The van der Waals surface area contributed by atoms with Crippen molar-refractivity contribution in [1.82, 2.24) is 10.6 Å². The molecule has 1 amide bonds. The maximum atomic E-state index is 12.1. The average molecular weight is 290 g/mol. The first-order valence-corrected chi connectivity index (χ1v) is 7.44. The van der Waals surface area contributed by atoms with Crippen LogP contribution in [0.3, 0.4) is 0 Å². The van der Waals surface area contributed by atoms with Gasteiger partial charge in [0.15, 0.2) is 0 Å². The van der Waals surface area contributed by atoms with Crippen molar-refractivity contribution in [3.8, 4) is 0 Å². The zero-order valence-electron chi connectivity index (χ0n) is 12.0. The third-order valence-corrected chi connectivity index (χ3v) is 3.78. The highest BCUT2D eigenvalue weighted by Crippen LogP contribution is 2.19. The highest BCUT2D eigenvalue weighted by Gasteiger charge is 2.20. The van der Waals surface area contributed by atoms with Gasteiger partial charge in [-0.05, 0) is 31.4 Å². The number of nitrogens with one attached hydrogen (secondary N) is 2. The molecule has 2 rings (SSSR count). The van der Waals surface area contributed by atoms with Crippen LogP contribution in [0.5, 0.6) is 0 Å². The predicted octanol–water partition coefficient (Wildman–Crippen LogP) is 1.85. The Bertz CT molecular complexity index is 470. The van der Waals surface area contributed by atoms with Gasteiger partial charge < -0.3 is 15.7 Å². The first-order chi connectivity index (χ1) is 10.1. The minimum atomic E-state index is -0.845. The fourth-order valence-corrected chi connectivity index (χ4v) is 2.68. The molecule has 0 radical (unpaired) electrons. The SMILES string of the molecule is O=C(O)CCC(NC(=O)CC1CCCN1)c1ccccc1. The van der Waals surface area contributed by atoms with Gasteiger partial charge in [-0.3, -0.25) is 9.59 Å². The quantitative estimate of drug-likeness (QED) is 0.716. The van der Waals surface area contributed by atoms with Gasteiger partial charge in [0.25, 0.3) is 0 Å². The Kier molecular flexibility index (Phi) is 5.75. The van der Waals surface area contributed by atoms with Gasteiger partial charge >= 0.3 is 5.97 Å². The van der Waals surface area contributed by atoms with E-state index in [4.69, 9.17) is 5.11 Å². The van der Waals surface area contributed by atoms with Gasteiger partial charge in [0.1, 0.15) is 0 Å². The topological polar surface area (TPSA) is 78.4 Å². The van der Waals surface area contributed by atoms with Crippen LogP contribution >= 0.6 is 0 Å². The van der Waals surface area contributed by atoms with Crippen molar-refractivity contribution in [1.29, 1.82) is 0 Å². The Balaban J connectivity index is 1.94. The number of carbonyl (C=O) groups excluding carboxylic acids is 1. The summed E-state index contributed by atoms with van der Waals surface area (Å²) in [6.45, 7) is 0.971. The van der Waals surface area contributed by atoms with E-state index in [0.29, 0.717) is 12.8 Å². The summed E-state index contributed by atoms with van der Waals surface area (Å²) in [6.07, 6.45) is 3.04. The number of carbonyl (C=O) groups is 2. The van der Waals surface area contributed by atoms with Crippen LogP contribution in [0.25, 0.3) is 0 Å². The van der Waals surface area contributed by atoms with Gasteiger partial charge in [0.2, 0.25) is 5.91 Å². The summed E-state index contributed by atoms with van der Waals surface area (Å²) in [5.41, 5.74) is 0.950. The molecule has 5 nitrogen and oxygen atoms in total. The summed E-state index contributed by atoms with van der Waals surface area (Å²) in [7, 11) is 0. The molecule has 0 spiro atoms. The molecule has 0 aliphatic carbocycles. The lowest BCUT2D eigenvalue weighted by molar-refractivity contribution is -0.137. The Morgan fingerprint density at radius 2 is 2.10 bits per heavy atom. The smallest absolute Gasteiger partial charge is 0.303 e. The maximum Gasteiger partial charge on any atom is 0.303 e. The standard InChI is InChI=1S/C16H22N2O3/c19-15(11-13-7-4-10-17-13)18-14(8-9-16(20)21)12-5-2-1-3-6-12/h1-3,5-6,13-14,17H,4,7-11H2,(H,18,19)(H,20,21). The first kappa shape index (κ1) is 15.5. The van der Waals surface area contributed by atoms with Crippen LogP contribution in [0.2, 0.25) is 0 Å². The van der Waals surface area contributed by atoms with Crippen molar-refractivity contribution in [2.45, 2.75) is 44.2 Å². The van der Waals surface area contributed by atoms with E-state index in [1.807, 2.05) is 30.3 Å². The molecule has 0 bridgehead atoms. The molecule has 2 atom stereocenters. The number of hydrogen-bond acceptors (Lipinski definition) is 3. The molecule has 3 N–H and O–H groups in total. The highest BCUT2D eigenvalue weighted by atomic mass is 16.4. The predicted molar refractivity (Wildman–Crippen MR) is 79.8 cm³/mol. The van der Waals surface area contributed by atoms with E-state index in [1.54, 1.807) is 0 Å². The summed E-state index contributed by atoms with van der Waals surface area (Å²) in [5.74, 6) is -0.865. The molecule has 1 heterocycles.